The van der Waals surface area contributed by atoms with Crippen molar-refractivity contribution in [3.8, 4) is 0 Å². The molecular formula is C34H42N2Si. The first-order valence-electron chi connectivity index (χ1n) is 14.3. The van der Waals surface area contributed by atoms with E-state index < -0.39 is 0 Å². The second-order valence-corrected chi connectivity index (χ2v) is 11.7. The van der Waals surface area contributed by atoms with Crippen molar-refractivity contribution < 1.29 is 0 Å². The molecule has 2 radical (unpaired) electrons. The molecule has 1 heterocycles. The summed E-state index contributed by atoms with van der Waals surface area (Å²) in [4.78, 5) is 4.53. The summed E-state index contributed by atoms with van der Waals surface area (Å²) >= 11 is 0. The molecule has 0 atom stereocenters. The largest absolute Gasteiger partial charge is 0.326 e. The quantitative estimate of drug-likeness (QED) is 0.118. The third kappa shape index (κ3) is 7.10. The maximum Gasteiger partial charge on any atom is 0.127 e. The summed E-state index contributed by atoms with van der Waals surface area (Å²) in [5.41, 5.74) is 5.57. The Kier molecular flexibility index (Phi) is 10.4. The van der Waals surface area contributed by atoms with Crippen LogP contribution in [0.5, 0.6) is 0 Å². The molecule has 1 aromatic heterocycles. The van der Waals surface area contributed by atoms with Gasteiger partial charge in [-0.15, -0.1) is 0 Å². The number of rotatable bonds is 15. The third-order valence-electron chi connectivity index (χ3n) is 7.32. The molecule has 3 heteroatoms. The molecule has 0 fully saturated rings. The number of imidazole rings is 1. The lowest BCUT2D eigenvalue weighted by molar-refractivity contribution is 0.593. The van der Waals surface area contributed by atoms with Gasteiger partial charge >= 0.3 is 0 Å². The van der Waals surface area contributed by atoms with Gasteiger partial charge in [0.05, 0.1) is 11.5 Å². The van der Waals surface area contributed by atoms with Crippen LogP contribution in [0.25, 0.3) is 0 Å². The minimum atomic E-state index is -0.337. The van der Waals surface area contributed by atoms with Gasteiger partial charge in [0.15, 0.2) is 0 Å². The Balaban J connectivity index is 1.79. The molecule has 0 aliphatic rings. The van der Waals surface area contributed by atoms with Crippen LogP contribution in [0.15, 0.2) is 97.6 Å². The van der Waals surface area contributed by atoms with Crippen molar-refractivity contribution in [1.29, 1.82) is 0 Å². The molecule has 3 aromatic carbocycles. The number of aromatic nitrogens is 2. The summed E-state index contributed by atoms with van der Waals surface area (Å²) in [6, 6.07) is 29.7. The van der Waals surface area contributed by atoms with Crippen LogP contribution in [-0.2, 0) is 18.0 Å². The fourth-order valence-corrected chi connectivity index (χ4v) is 6.92. The molecule has 4 aromatic rings. The zero-order valence-corrected chi connectivity index (χ0v) is 23.7. The summed E-state index contributed by atoms with van der Waals surface area (Å²) in [6.07, 6.45) is 18.7. The van der Waals surface area contributed by atoms with E-state index in [9.17, 15) is 0 Å². The maximum atomic E-state index is 4.53. The van der Waals surface area contributed by atoms with Crippen molar-refractivity contribution in [2.75, 3.05) is 0 Å². The third-order valence-corrected chi connectivity index (χ3v) is 9.14. The highest BCUT2D eigenvalue weighted by Crippen LogP contribution is 2.35. The van der Waals surface area contributed by atoms with E-state index in [4.69, 9.17) is 0 Å². The van der Waals surface area contributed by atoms with Crippen LogP contribution in [0, 0.1) is 0 Å². The van der Waals surface area contributed by atoms with Crippen molar-refractivity contribution in [3.63, 3.8) is 0 Å². The molecular weight excluding hydrogens is 464 g/mol. The van der Waals surface area contributed by atoms with Crippen molar-refractivity contribution >= 4 is 14.7 Å². The van der Waals surface area contributed by atoms with Gasteiger partial charge in [0.25, 0.3) is 0 Å². The van der Waals surface area contributed by atoms with Crippen molar-refractivity contribution in [1.82, 2.24) is 9.55 Å². The summed E-state index contributed by atoms with van der Waals surface area (Å²) in [5.74, 6) is 0. The van der Waals surface area contributed by atoms with Gasteiger partial charge in [-0.1, -0.05) is 136 Å². The molecule has 4 rings (SSSR count). The van der Waals surface area contributed by atoms with Crippen LogP contribution in [0.4, 0.5) is 0 Å². The van der Waals surface area contributed by atoms with Crippen LogP contribution in [-0.4, -0.2) is 19.1 Å². The average Bonchev–Trinajstić information content (AvgIpc) is 3.49. The van der Waals surface area contributed by atoms with Gasteiger partial charge in [0.2, 0.25) is 0 Å². The Morgan fingerprint density at radius 1 is 0.676 bits per heavy atom. The van der Waals surface area contributed by atoms with Gasteiger partial charge in [0.1, 0.15) is 9.52 Å². The monoisotopic (exact) mass is 506 g/mol. The standard InChI is InChI=1S/C34H42N2Si/c1-3-5-7-10-16-29-18-14-20-31(26-29)34(36-25-24-35-28-36,37-33-22-12-9-13-23-33)32-21-15-19-30(27-32)17-11-8-6-4-2/h9,12-15,18-28H,3-8,10-11,16-17H2,1-2H3. The molecule has 0 spiro atoms. The minimum absolute atomic E-state index is 0.337. The van der Waals surface area contributed by atoms with E-state index in [1.807, 2.05) is 12.5 Å². The molecule has 0 saturated carbocycles. The fourth-order valence-electron chi connectivity index (χ4n) is 5.28. The second-order valence-electron chi connectivity index (χ2n) is 10.2. The maximum absolute atomic E-state index is 4.53. The minimum Gasteiger partial charge on any atom is -0.326 e. The van der Waals surface area contributed by atoms with Crippen LogP contribution in [0.2, 0.25) is 0 Å². The van der Waals surface area contributed by atoms with Crippen LogP contribution in [0.1, 0.15) is 87.5 Å². The summed E-state index contributed by atoms with van der Waals surface area (Å²) in [5, 5.41) is 1.02. The topological polar surface area (TPSA) is 17.8 Å². The molecule has 0 unspecified atom stereocenters. The first-order chi connectivity index (χ1) is 18.3. The van der Waals surface area contributed by atoms with Gasteiger partial charge in [0, 0.05) is 12.4 Å². The van der Waals surface area contributed by atoms with Crippen molar-refractivity contribution in [2.24, 2.45) is 0 Å². The van der Waals surface area contributed by atoms with Gasteiger partial charge in [-0.25, -0.2) is 4.98 Å². The van der Waals surface area contributed by atoms with Gasteiger partial charge < -0.3 is 4.57 Å². The number of aryl methyl sites for hydroxylation is 2. The molecule has 0 saturated heterocycles. The summed E-state index contributed by atoms with van der Waals surface area (Å²) in [7, 11) is 0.536. The molecule has 2 nitrogen and oxygen atoms in total. The summed E-state index contributed by atoms with van der Waals surface area (Å²) < 4.78 is 2.35. The van der Waals surface area contributed by atoms with Crippen LogP contribution >= 0.6 is 0 Å². The van der Waals surface area contributed by atoms with E-state index in [2.05, 4.69) is 108 Å². The van der Waals surface area contributed by atoms with E-state index in [1.165, 1.54) is 78.8 Å². The van der Waals surface area contributed by atoms with E-state index in [0.29, 0.717) is 9.52 Å². The lowest BCUT2D eigenvalue weighted by Gasteiger charge is -2.37. The summed E-state index contributed by atoms with van der Waals surface area (Å²) in [6.45, 7) is 4.56. The number of nitrogens with zero attached hydrogens (tertiary/aromatic N) is 2. The molecule has 0 aliphatic carbocycles. The normalized spacial score (nSPS) is 11.6. The Bertz CT molecular complexity index is 1130. The number of unbranched alkanes of at least 4 members (excludes halogenated alkanes) is 6. The predicted molar refractivity (Wildman–Crippen MR) is 159 cm³/mol. The SMILES string of the molecule is CCCCCCc1cccc(C([Si]c2ccccc2)(c2cccc(CCCCCC)c2)n2ccnc2)c1. The number of hydrogen-bond acceptors (Lipinski definition) is 1. The molecule has 0 N–H and O–H groups in total. The van der Waals surface area contributed by atoms with E-state index in [1.54, 1.807) is 0 Å². The zero-order chi connectivity index (χ0) is 25.8. The second kappa shape index (κ2) is 14.1. The average molecular weight is 507 g/mol. The van der Waals surface area contributed by atoms with Crippen molar-refractivity contribution in [3.05, 3.63) is 120 Å². The predicted octanol–water partition coefficient (Wildman–Crippen LogP) is 7.91. The number of hydrogen-bond donors (Lipinski definition) is 0. The van der Waals surface area contributed by atoms with Gasteiger partial charge in [-0.2, -0.15) is 0 Å². The smallest absolute Gasteiger partial charge is 0.127 e. The van der Waals surface area contributed by atoms with Crippen molar-refractivity contribution in [2.45, 2.75) is 83.2 Å². The molecule has 0 amide bonds. The fraction of sp³-hybridized carbons (Fsp3) is 0.382. The van der Waals surface area contributed by atoms with E-state index >= 15 is 0 Å². The Morgan fingerprint density at radius 3 is 1.78 bits per heavy atom. The Labute approximate surface area is 227 Å². The van der Waals surface area contributed by atoms with Gasteiger partial charge in [-0.05, 0) is 47.9 Å². The number of benzene rings is 3. The van der Waals surface area contributed by atoms with E-state index in [0.717, 1.165) is 12.8 Å². The molecule has 192 valence electrons. The zero-order valence-electron chi connectivity index (χ0n) is 22.7. The van der Waals surface area contributed by atoms with Gasteiger partial charge in [-0.3, -0.25) is 0 Å². The Morgan fingerprint density at radius 2 is 1.27 bits per heavy atom. The highest BCUT2D eigenvalue weighted by Gasteiger charge is 2.37. The molecule has 0 bridgehead atoms. The lowest BCUT2D eigenvalue weighted by Crippen LogP contribution is -2.46. The lowest BCUT2D eigenvalue weighted by atomic mass is 9.92. The van der Waals surface area contributed by atoms with E-state index in [-0.39, 0.29) is 5.16 Å². The highest BCUT2D eigenvalue weighted by molar-refractivity contribution is 6.57. The van der Waals surface area contributed by atoms with Crippen LogP contribution in [0.3, 0.4) is 0 Å². The Hall–Kier alpha value is -2.91. The molecule has 0 aliphatic heterocycles. The highest BCUT2D eigenvalue weighted by atomic mass is 28.2. The molecule has 37 heavy (non-hydrogen) atoms. The first kappa shape index (κ1) is 27.1. The van der Waals surface area contributed by atoms with Crippen LogP contribution < -0.4 is 5.19 Å². The first-order valence-corrected chi connectivity index (χ1v) is 15.3.